The molecule has 2 N–H and O–H groups in total. The molecule has 4 saturated heterocycles. The van der Waals surface area contributed by atoms with Crippen molar-refractivity contribution in [2.24, 2.45) is 0 Å². The summed E-state index contributed by atoms with van der Waals surface area (Å²) in [6.45, 7) is 0.533. The lowest BCUT2D eigenvalue weighted by molar-refractivity contribution is -0.381. The van der Waals surface area contributed by atoms with Crippen molar-refractivity contribution in [1.29, 1.82) is 0 Å². The first-order chi connectivity index (χ1) is 17.1. The average molecular weight is 487 g/mol. The molecule has 0 radical (unpaired) electrons. The standard InChI is InChI=1S/C26H30O9/c27-17-11-21(31-19-13-29-25(34-23(17)19)15-7-3-1-4-8-15)33-22-12-18(28)24-20(32-22)14-30-26(35-24)16-9-5-2-6-10-16/h1-10,17-28H,11-14H2/t17-,18-,19-,20-,21-,22-,23+,24+,25?,26?/m1/s1. The van der Waals surface area contributed by atoms with E-state index in [1.165, 1.54) is 0 Å². The lowest BCUT2D eigenvalue weighted by Crippen LogP contribution is -2.58. The van der Waals surface area contributed by atoms with Crippen molar-refractivity contribution in [2.75, 3.05) is 13.2 Å². The quantitative estimate of drug-likeness (QED) is 0.673. The summed E-state index contributed by atoms with van der Waals surface area (Å²) in [5.41, 5.74) is 1.78. The second-order valence-electron chi connectivity index (χ2n) is 9.30. The van der Waals surface area contributed by atoms with E-state index < -0.39 is 61.8 Å². The Hall–Kier alpha value is -1.92. The molecule has 0 spiro atoms. The number of aliphatic hydroxyl groups is 2. The molecule has 35 heavy (non-hydrogen) atoms. The second-order valence-corrected chi connectivity index (χ2v) is 9.30. The van der Waals surface area contributed by atoms with Gasteiger partial charge in [0.15, 0.2) is 25.2 Å². The van der Waals surface area contributed by atoms with E-state index in [9.17, 15) is 10.2 Å². The van der Waals surface area contributed by atoms with Crippen molar-refractivity contribution < 1.29 is 43.4 Å². The van der Waals surface area contributed by atoms with Gasteiger partial charge >= 0.3 is 0 Å². The Balaban J connectivity index is 1.03. The van der Waals surface area contributed by atoms with Gasteiger partial charge < -0.3 is 43.4 Å². The third kappa shape index (κ3) is 5.01. The summed E-state index contributed by atoms with van der Waals surface area (Å²) < 4.78 is 41.8. The van der Waals surface area contributed by atoms with Crippen LogP contribution in [-0.2, 0) is 33.2 Å². The topological polar surface area (TPSA) is 105 Å². The molecule has 0 aliphatic carbocycles. The van der Waals surface area contributed by atoms with Gasteiger partial charge in [-0.15, -0.1) is 0 Å². The first-order valence-electron chi connectivity index (χ1n) is 12.1. The van der Waals surface area contributed by atoms with Crippen LogP contribution < -0.4 is 0 Å². The maximum absolute atomic E-state index is 10.8. The lowest BCUT2D eigenvalue weighted by Gasteiger charge is -2.47. The molecule has 2 aromatic carbocycles. The van der Waals surface area contributed by atoms with Gasteiger partial charge in [-0.2, -0.15) is 0 Å². The van der Waals surface area contributed by atoms with Gasteiger partial charge in [-0.3, -0.25) is 0 Å². The molecule has 9 heteroatoms. The van der Waals surface area contributed by atoms with Crippen molar-refractivity contribution in [3.63, 3.8) is 0 Å². The van der Waals surface area contributed by atoms with Gasteiger partial charge in [0.05, 0.1) is 25.4 Å². The number of ether oxygens (including phenoxy) is 7. The Morgan fingerprint density at radius 1 is 0.600 bits per heavy atom. The maximum Gasteiger partial charge on any atom is 0.184 e. The fourth-order valence-corrected chi connectivity index (χ4v) is 5.08. The first kappa shape index (κ1) is 23.5. The molecular formula is C26H30O9. The number of aliphatic hydroxyl groups excluding tert-OH is 2. The van der Waals surface area contributed by atoms with Crippen LogP contribution in [0.25, 0.3) is 0 Å². The van der Waals surface area contributed by atoms with E-state index in [4.69, 9.17) is 33.2 Å². The second kappa shape index (κ2) is 10.2. The van der Waals surface area contributed by atoms with Crippen molar-refractivity contribution >= 4 is 0 Å². The summed E-state index contributed by atoms with van der Waals surface area (Å²) in [4.78, 5) is 0. The normalized spacial score (nSPS) is 41.5. The summed E-state index contributed by atoms with van der Waals surface area (Å²) in [7, 11) is 0. The Kier molecular flexibility index (Phi) is 6.85. The zero-order valence-corrected chi connectivity index (χ0v) is 19.1. The van der Waals surface area contributed by atoms with Crippen LogP contribution in [0, 0.1) is 0 Å². The number of fused-ring (bicyclic) bond motifs is 2. The van der Waals surface area contributed by atoms with Crippen LogP contribution in [0.5, 0.6) is 0 Å². The minimum Gasteiger partial charge on any atom is -0.390 e. The van der Waals surface area contributed by atoms with Crippen LogP contribution in [0.1, 0.15) is 36.5 Å². The van der Waals surface area contributed by atoms with Gasteiger partial charge in [0.2, 0.25) is 0 Å². The minimum atomic E-state index is -0.789. The molecule has 0 bridgehead atoms. The fourth-order valence-electron chi connectivity index (χ4n) is 5.08. The Labute approximate surface area is 203 Å². The Bertz CT molecular complexity index is 882. The summed E-state index contributed by atoms with van der Waals surface area (Å²) in [6, 6.07) is 19.2. The summed E-state index contributed by atoms with van der Waals surface area (Å²) >= 11 is 0. The largest absolute Gasteiger partial charge is 0.390 e. The molecule has 10 atom stereocenters. The van der Waals surface area contributed by atoms with Gasteiger partial charge in [0.25, 0.3) is 0 Å². The Morgan fingerprint density at radius 3 is 1.46 bits per heavy atom. The molecule has 0 amide bonds. The molecule has 188 valence electrons. The highest BCUT2D eigenvalue weighted by Gasteiger charge is 2.48. The zero-order valence-electron chi connectivity index (χ0n) is 19.1. The monoisotopic (exact) mass is 486 g/mol. The van der Waals surface area contributed by atoms with E-state index in [0.717, 1.165) is 11.1 Å². The maximum atomic E-state index is 10.8. The Morgan fingerprint density at radius 2 is 1.03 bits per heavy atom. The van der Waals surface area contributed by atoms with E-state index in [-0.39, 0.29) is 26.1 Å². The number of hydrogen-bond acceptors (Lipinski definition) is 9. The highest BCUT2D eigenvalue weighted by Crippen LogP contribution is 2.37. The number of rotatable bonds is 4. The molecule has 0 saturated carbocycles. The zero-order chi connectivity index (χ0) is 23.8. The van der Waals surface area contributed by atoms with E-state index in [0.29, 0.717) is 0 Å². The third-order valence-corrected chi connectivity index (χ3v) is 6.84. The molecule has 0 aromatic heterocycles. The van der Waals surface area contributed by atoms with Crippen molar-refractivity contribution in [3.8, 4) is 0 Å². The molecule has 4 fully saturated rings. The molecule has 2 unspecified atom stereocenters. The van der Waals surface area contributed by atoms with Crippen LogP contribution in [0.4, 0.5) is 0 Å². The molecule has 4 aliphatic rings. The van der Waals surface area contributed by atoms with Crippen molar-refractivity contribution in [1.82, 2.24) is 0 Å². The molecule has 2 aromatic rings. The summed E-state index contributed by atoms with van der Waals surface area (Å²) in [5, 5.41) is 21.5. The van der Waals surface area contributed by atoms with Gasteiger partial charge in [-0.25, -0.2) is 0 Å². The number of hydrogen-bond donors (Lipinski definition) is 2. The third-order valence-electron chi connectivity index (χ3n) is 6.84. The van der Waals surface area contributed by atoms with E-state index in [2.05, 4.69) is 0 Å². The van der Waals surface area contributed by atoms with Gasteiger partial charge in [-0.05, 0) is 0 Å². The summed E-state index contributed by atoms with van der Waals surface area (Å²) in [6.07, 6.45) is -5.67. The van der Waals surface area contributed by atoms with Gasteiger partial charge in [-0.1, -0.05) is 60.7 Å². The predicted octanol–water partition coefficient (Wildman–Crippen LogP) is 2.18. The van der Waals surface area contributed by atoms with Crippen LogP contribution in [0.3, 0.4) is 0 Å². The van der Waals surface area contributed by atoms with Crippen LogP contribution in [0.2, 0.25) is 0 Å². The molecule has 6 rings (SSSR count). The molecule has 4 aliphatic heterocycles. The van der Waals surface area contributed by atoms with Gasteiger partial charge in [0, 0.05) is 24.0 Å². The van der Waals surface area contributed by atoms with E-state index in [1.807, 2.05) is 60.7 Å². The lowest BCUT2D eigenvalue weighted by atomic mass is 9.99. The molecule has 9 nitrogen and oxygen atoms in total. The van der Waals surface area contributed by atoms with Crippen molar-refractivity contribution in [3.05, 3.63) is 71.8 Å². The highest BCUT2D eigenvalue weighted by atomic mass is 16.8. The van der Waals surface area contributed by atoms with E-state index >= 15 is 0 Å². The molecular weight excluding hydrogens is 456 g/mol. The first-order valence-corrected chi connectivity index (χ1v) is 12.1. The van der Waals surface area contributed by atoms with E-state index in [1.54, 1.807) is 0 Å². The smallest absolute Gasteiger partial charge is 0.184 e. The average Bonchev–Trinajstić information content (AvgIpc) is 2.89. The van der Waals surface area contributed by atoms with Crippen LogP contribution >= 0.6 is 0 Å². The van der Waals surface area contributed by atoms with Crippen molar-refractivity contribution in [2.45, 2.75) is 74.6 Å². The van der Waals surface area contributed by atoms with Crippen LogP contribution in [-0.4, -0.2) is 72.6 Å². The fraction of sp³-hybridized carbons (Fsp3) is 0.538. The minimum absolute atomic E-state index is 0.218. The SMILES string of the molecule is O[C@@H]1C[C@@H](O[C@@H]2C[C@@H](O)[C@@H]3OC(c4ccccc4)OC[C@H]3O2)O[C@@H]2COC(c3ccccc3)O[C@@H]12. The highest BCUT2D eigenvalue weighted by molar-refractivity contribution is 5.17. The number of benzene rings is 2. The molecule has 4 heterocycles. The summed E-state index contributed by atoms with van der Waals surface area (Å²) in [5.74, 6) is 0. The van der Waals surface area contributed by atoms with Gasteiger partial charge in [0.1, 0.15) is 24.4 Å². The van der Waals surface area contributed by atoms with Crippen LogP contribution in [0.15, 0.2) is 60.7 Å². The predicted molar refractivity (Wildman–Crippen MR) is 120 cm³/mol.